The van der Waals surface area contributed by atoms with Gasteiger partial charge in [-0.3, -0.25) is 0 Å². The van der Waals surface area contributed by atoms with Gasteiger partial charge in [0.15, 0.2) is 0 Å². The maximum absolute atomic E-state index is 2.52. The molecule has 1 unspecified atom stereocenters. The fourth-order valence-corrected chi connectivity index (χ4v) is 8.88. The van der Waals surface area contributed by atoms with Crippen molar-refractivity contribution in [2.24, 2.45) is 0 Å². The Kier molecular flexibility index (Phi) is 4.78. The van der Waals surface area contributed by atoms with Crippen molar-refractivity contribution in [2.75, 3.05) is 0 Å². The minimum atomic E-state index is -0.477. The third kappa shape index (κ3) is 3.03. The van der Waals surface area contributed by atoms with Gasteiger partial charge in [-0.05, 0) is 79.5 Å². The highest BCUT2D eigenvalue weighted by Crippen LogP contribution is 2.60. The number of rotatable bonds is 1. The zero-order valence-electron chi connectivity index (χ0n) is 25.4. The van der Waals surface area contributed by atoms with Crippen LogP contribution in [0.15, 0.2) is 152 Å². The molecule has 0 saturated carbocycles. The predicted octanol–water partition coefficient (Wildman–Crippen LogP) is 10.9. The molecule has 1 nitrogen and oxygen atoms in total. The van der Waals surface area contributed by atoms with Gasteiger partial charge in [0.05, 0.1) is 22.1 Å². The van der Waals surface area contributed by atoms with Crippen LogP contribution in [0, 0.1) is 0 Å². The van der Waals surface area contributed by atoms with Gasteiger partial charge in [-0.25, -0.2) is 0 Å². The summed E-state index contributed by atoms with van der Waals surface area (Å²) < 4.78 is 2.52. The number of nitrogens with zero attached hydrogens (tertiary/aromatic N) is 1. The Balaban J connectivity index is 1.40. The van der Waals surface area contributed by atoms with Crippen molar-refractivity contribution >= 4 is 32.6 Å². The number of aromatic nitrogens is 1. The summed E-state index contributed by atoms with van der Waals surface area (Å²) in [7, 11) is 0. The van der Waals surface area contributed by atoms with E-state index < -0.39 is 5.41 Å². The van der Waals surface area contributed by atoms with Crippen LogP contribution in [0.5, 0.6) is 0 Å². The van der Waals surface area contributed by atoms with E-state index in [1.54, 1.807) is 0 Å². The Morgan fingerprint density at radius 1 is 0.422 bits per heavy atom. The Bertz CT molecular complexity index is 2530. The second kappa shape index (κ2) is 8.61. The lowest BCUT2D eigenvalue weighted by Gasteiger charge is -2.50. The fraction of sp³-hybridized carbons (Fsp3) is 0.0909. The van der Waals surface area contributed by atoms with E-state index in [-0.39, 0.29) is 5.41 Å². The molecular weight excluding hydrogens is 542 g/mol. The van der Waals surface area contributed by atoms with Gasteiger partial charge in [-0.15, -0.1) is 0 Å². The quantitative estimate of drug-likeness (QED) is 0.184. The first kappa shape index (κ1) is 25.0. The van der Waals surface area contributed by atoms with Gasteiger partial charge < -0.3 is 4.57 Å². The predicted molar refractivity (Wildman–Crippen MR) is 188 cm³/mol. The van der Waals surface area contributed by atoms with Crippen LogP contribution in [0.25, 0.3) is 49.4 Å². The first-order chi connectivity index (χ1) is 22.1. The third-order valence-electron chi connectivity index (χ3n) is 10.8. The highest BCUT2D eigenvalue weighted by molar-refractivity contribution is 6.12. The highest BCUT2D eigenvalue weighted by Gasteiger charge is 2.52. The summed E-state index contributed by atoms with van der Waals surface area (Å²) in [6.07, 6.45) is 0. The lowest BCUT2D eigenvalue weighted by atomic mass is 9.53. The Morgan fingerprint density at radius 3 is 1.93 bits per heavy atom. The summed E-state index contributed by atoms with van der Waals surface area (Å²) in [5.74, 6) is 0. The van der Waals surface area contributed by atoms with E-state index in [1.807, 2.05) is 0 Å². The summed E-state index contributed by atoms with van der Waals surface area (Å²) in [5.41, 5.74) is 14.0. The van der Waals surface area contributed by atoms with E-state index in [0.29, 0.717) is 0 Å². The molecule has 8 aromatic rings. The van der Waals surface area contributed by atoms with Crippen molar-refractivity contribution in [2.45, 2.75) is 24.7 Å². The molecule has 1 spiro atoms. The number of fused-ring (bicyclic) bond motifs is 12. The minimum absolute atomic E-state index is 0.161. The maximum Gasteiger partial charge on any atom is 0.0748 e. The standard InChI is InChI=1S/C44H31N/c1-43(2)34-16-6-7-17-36(34)44(39-27-31(24-25-35(39)43)30-23-22-28-12-3-4-13-29(28)26-30)37-18-8-10-21-41(37)45-40-20-9-5-14-32(40)33-15-11-19-38(44)42(33)45/h3-27H,1-2H3. The molecule has 0 amide bonds. The number of hydrogen-bond donors (Lipinski definition) is 0. The molecule has 1 aliphatic heterocycles. The first-order valence-corrected chi connectivity index (χ1v) is 16.0. The van der Waals surface area contributed by atoms with Crippen LogP contribution in [0.4, 0.5) is 0 Å². The van der Waals surface area contributed by atoms with E-state index in [9.17, 15) is 0 Å². The molecule has 1 aliphatic carbocycles. The van der Waals surface area contributed by atoms with Crippen LogP contribution in [-0.4, -0.2) is 4.57 Å². The van der Waals surface area contributed by atoms with Crippen molar-refractivity contribution in [3.63, 3.8) is 0 Å². The summed E-state index contributed by atoms with van der Waals surface area (Å²) in [4.78, 5) is 0. The summed E-state index contributed by atoms with van der Waals surface area (Å²) in [6, 6.07) is 57.1. The van der Waals surface area contributed by atoms with Gasteiger partial charge in [0.25, 0.3) is 0 Å². The minimum Gasteiger partial charge on any atom is -0.309 e. The van der Waals surface area contributed by atoms with E-state index in [2.05, 4.69) is 170 Å². The van der Waals surface area contributed by atoms with Crippen molar-refractivity contribution < 1.29 is 0 Å². The fourth-order valence-electron chi connectivity index (χ4n) is 8.88. The maximum atomic E-state index is 2.52. The molecule has 0 fully saturated rings. The molecule has 2 aliphatic rings. The molecule has 2 heterocycles. The molecular formula is C44H31N. The van der Waals surface area contributed by atoms with E-state index >= 15 is 0 Å². The van der Waals surface area contributed by atoms with Crippen LogP contribution in [0.1, 0.15) is 47.2 Å². The summed E-state index contributed by atoms with van der Waals surface area (Å²) >= 11 is 0. The molecule has 1 atom stereocenters. The average Bonchev–Trinajstić information content (AvgIpc) is 3.43. The normalized spacial score (nSPS) is 17.4. The van der Waals surface area contributed by atoms with Crippen molar-refractivity contribution in [1.82, 2.24) is 4.57 Å². The largest absolute Gasteiger partial charge is 0.309 e. The zero-order valence-corrected chi connectivity index (χ0v) is 25.4. The number of para-hydroxylation sites is 3. The van der Waals surface area contributed by atoms with Gasteiger partial charge in [0.1, 0.15) is 0 Å². The van der Waals surface area contributed by atoms with Crippen LogP contribution in [0.3, 0.4) is 0 Å². The monoisotopic (exact) mass is 573 g/mol. The van der Waals surface area contributed by atoms with E-state index in [0.717, 1.165) is 0 Å². The SMILES string of the molecule is CC1(C)c2ccccc2C2(c3ccccc3-n3c4ccccc4c4cccc2c43)c2cc(-c3ccc4ccccc4c3)ccc21. The molecule has 45 heavy (non-hydrogen) atoms. The molecule has 212 valence electrons. The number of hydrogen-bond acceptors (Lipinski definition) is 0. The summed E-state index contributed by atoms with van der Waals surface area (Å²) in [5, 5.41) is 5.15. The molecule has 1 aromatic heterocycles. The van der Waals surface area contributed by atoms with Crippen LogP contribution in [0.2, 0.25) is 0 Å². The Morgan fingerprint density at radius 2 is 1.04 bits per heavy atom. The molecule has 0 N–H and O–H groups in total. The van der Waals surface area contributed by atoms with Crippen LogP contribution >= 0.6 is 0 Å². The van der Waals surface area contributed by atoms with Gasteiger partial charge in [0, 0.05) is 16.2 Å². The molecule has 10 rings (SSSR count). The Labute approximate surface area is 263 Å². The van der Waals surface area contributed by atoms with Crippen molar-refractivity contribution in [3.05, 3.63) is 185 Å². The highest BCUT2D eigenvalue weighted by atomic mass is 15.0. The van der Waals surface area contributed by atoms with E-state index in [1.165, 1.54) is 82.8 Å². The molecule has 7 aromatic carbocycles. The number of benzene rings is 7. The lowest BCUT2D eigenvalue weighted by Crippen LogP contribution is -2.44. The van der Waals surface area contributed by atoms with Crippen LogP contribution < -0.4 is 0 Å². The van der Waals surface area contributed by atoms with Crippen molar-refractivity contribution in [3.8, 4) is 16.8 Å². The van der Waals surface area contributed by atoms with E-state index in [4.69, 9.17) is 0 Å². The second-order valence-corrected chi connectivity index (χ2v) is 13.3. The molecule has 0 radical (unpaired) electrons. The smallest absolute Gasteiger partial charge is 0.0748 e. The topological polar surface area (TPSA) is 4.93 Å². The average molecular weight is 574 g/mol. The Hall–Kier alpha value is -5.40. The molecule has 0 bridgehead atoms. The first-order valence-electron chi connectivity index (χ1n) is 16.0. The van der Waals surface area contributed by atoms with Gasteiger partial charge >= 0.3 is 0 Å². The zero-order chi connectivity index (χ0) is 29.9. The van der Waals surface area contributed by atoms with Gasteiger partial charge in [0.2, 0.25) is 0 Å². The molecule has 0 saturated heterocycles. The molecule has 1 heteroatoms. The third-order valence-corrected chi connectivity index (χ3v) is 10.8. The van der Waals surface area contributed by atoms with Gasteiger partial charge in [-0.1, -0.05) is 141 Å². The van der Waals surface area contributed by atoms with Gasteiger partial charge in [-0.2, -0.15) is 0 Å². The lowest BCUT2D eigenvalue weighted by molar-refractivity contribution is 0.556. The van der Waals surface area contributed by atoms with Crippen LogP contribution in [-0.2, 0) is 10.8 Å². The summed E-state index contributed by atoms with van der Waals surface area (Å²) in [6.45, 7) is 4.80. The second-order valence-electron chi connectivity index (χ2n) is 13.3. The van der Waals surface area contributed by atoms with Crippen molar-refractivity contribution in [1.29, 1.82) is 0 Å².